The molecule has 2 unspecified atom stereocenters. The van der Waals surface area contributed by atoms with Crippen LogP contribution in [0.2, 0.25) is 0 Å². The van der Waals surface area contributed by atoms with Crippen LogP contribution >= 0.6 is 0 Å². The Kier molecular flexibility index (Phi) is 5.01. The van der Waals surface area contributed by atoms with Gasteiger partial charge in [0.15, 0.2) is 0 Å². The van der Waals surface area contributed by atoms with Crippen molar-refractivity contribution in [3.8, 4) is 0 Å². The van der Waals surface area contributed by atoms with E-state index in [-0.39, 0.29) is 0 Å². The van der Waals surface area contributed by atoms with Gasteiger partial charge in [-0.3, -0.25) is 4.90 Å². The van der Waals surface area contributed by atoms with Crippen molar-refractivity contribution in [1.82, 2.24) is 15.1 Å². The minimum absolute atomic E-state index is 0.331. The zero-order valence-electron chi connectivity index (χ0n) is 12.2. The molecular formula is C14H29N3O. The highest BCUT2D eigenvalue weighted by Crippen LogP contribution is 2.30. The van der Waals surface area contributed by atoms with Crippen molar-refractivity contribution in [2.75, 3.05) is 60.0 Å². The predicted octanol–water partition coefficient (Wildman–Crippen LogP) is 0.639. The van der Waals surface area contributed by atoms with E-state index in [0.717, 1.165) is 19.8 Å². The number of hydrogen-bond donors (Lipinski definition) is 1. The smallest absolute Gasteiger partial charge is 0.0546 e. The lowest BCUT2D eigenvalue weighted by atomic mass is 9.81. The van der Waals surface area contributed by atoms with E-state index in [4.69, 9.17) is 4.74 Å². The minimum atomic E-state index is 0.331. The molecule has 2 aliphatic heterocycles. The lowest BCUT2D eigenvalue weighted by Gasteiger charge is -2.45. The highest BCUT2D eigenvalue weighted by molar-refractivity contribution is 4.90. The molecule has 4 heteroatoms. The third kappa shape index (κ3) is 3.44. The fourth-order valence-electron chi connectivity index (χ4n) is 3.45. The molecule has 0 aliphatic carbocycles. The fraction of sp³-hybridized carbons (Fsp3) is 1.00. The molecule has 1 N–H and O–H groups in total. The lowest BCUT2D eigenvalue weighted by molar-refractivity contribution is -0.0402. The summed E-state index contributed by atoms with van der Waals surface area (Å²) in [5.74, 6) is 0. The first-order valence-corrected chi connectivity index (χ1v) is 7.30. The molecule has 0 saturated carbocycles. The van der Waals surface area contributed by atoms with Crippen LogP contribution in [-0.4, -0.2) is 75.9 Å². The van der Waals surface area contributed by atoms with Crippen molar-refractivity contribution in [3.05, 3.63) is 0 Å². The zero-order valence-corrected chi connectivity index (χ0v) is 12.2. The monoisotopic (exact) mass is 255 g/mol. The van der Waals surface area contributed by atoms with Gasteiger partial charge in [-0.2, -0.15) is 0 Å². The highest BCUT2D eigenvalue weighted by atomic mass is 16.5. The number of hydrogen-bond acceptors (Lipinski definition) is 4. The summed E-state index contributed by atoms with van der Waals surface area (Å²) in [6.45, 7) is 10.1. The Morgan fingerprint density at radius 3 is 2.83 bits per heavy atom. The van der Waals surface area contributed by atoms with E-state index in [0.29, 0.717) is 11.5 Å². The largest absolute Gasteiger partial charge is 0.381 e. The van der Waals surface area contributed by atoms with Gasteiger partial charge in [-0.25, -0.2) is 0 Å². The summed E-state index contributed by atoms with van der Waals surface area (Å²) >= 11 is 0. The molecule has 0 aromatic heterocycles. The summed E-state index contributed by atoms with van der Waals surface area (Å²) in [4.78, 5) is 5.09. The van der Waals surface area contributed by atoms with Crippen molar-refractivity contribution < 1.29 is 4.74 Å². The Morgan fingerprint density at radius 1 is 1.39 bits per heavy atom. The Labute approximate surface area is 112 Å². The third-order valence-electron chi connectivity index (χ3n) is 4.46. The Bertz CT molecular complexity index is 248. The maximum Gasteiger partial charge on any atom is 0.0546 e. The van der Waals surface area contributed by atoms with Crippen LogP contribution in [-0.2, 0) is 4.74 Å². The first kappa shape index (κ1) is 14.3. The van der Waals surface area contributed by atoms with Gasteiger partial charge < -0.3 is 15.0 Å². The van der Waals surface area contributed by atoms with Gasteiger partial charge in [0.2, 0.25) is 0 Å². The quantitative estimate of drug-likeness (QED) is 0.798. The van der Waals surface area contributed by atoms with Gasteiger partial charge in [0.05, 0.1) is 6.61 Å². The van der Waals surface area contributed by atoms with Gasteiger partial charge in [0.1, 0.15) is 0 Å². The molecule has 0 radical (unpaired) electrons. The molecule has 18 heavy (non-hydrogen) atoms. The topological polar surface area (TPSA) is 27.7 Å². The van der Waals surface area contributed by atoms with E-state index in [1.807, 2.05) is 0 Å². The molecular weight excluding hydrogens is 226 g/mol. The fourth-order valence-corrected chi connectivity index (χ4v) is 3.45. The van der Waals surface area contributed by atoms with Crippen LogP contribution in [0.5, 0.6) is 0 Å². The van der Waals surface area contributed by atoms with E-state index in [1.165, 1.54) is 39.0 Å². The van der Waals surface area contributed by atoms with Crippen LogP contribution in [0.15, 0.2) is 0 Å². The number of nitrogens with zero attached hydrogens (tertiary/aromatic N) is 2. The Hall–Kier alpha value is -0.160. The van der Waals surface area contributed by atoms with Gasteiger partial charge in [-0.1, -0.05) is 0 Å². The first-order chi connectivity index (χ1) is 8.65. The summed E-state index contributed by atoms with van der Waals surface area (Å²) < 4.78 is 5.76. The molecule has 2 aliphatic rings. The summed E-state index contributed by atoms with van der Waals surface area (Å²) in [7, 11) is 4.28. The van der Waals surface area contributed by atoms with Crippen molar-refractivity contribution in [1.29, 1.82) is 0 Å². The lowest BCUT2D eigenvalue weighted by Crippen LogP contribution is -2.56. The second-order valence-electron chi connectivity index (χ2n) is 6.27. The van der Waals surface area contributed by atoms with Gasteiger partial charge in [-0.15, -0.1) is 0 Å². The molecule has 0 aromatic carbocycles. The normalized spacial score (nSPS) is 35.8. The molecule has 0 spiro atoms. The summed E-state index contributed by atoms with van der Waals surface area (Å²) in [5, 5.41) is 3.37. The molecule has 2 heterocycles. The van der Waals surface area contributed by atoms with Crippen LogP contribution < -0.4 is 5.32 Å². The van der Waals surface area contributed by atoms with Crippen LogP contribution in [0.1, 0.15) is 19.8 Å². The molecule has 2 saturated heterocycles. The zero-order chi connectivity index (χ0) is 13.0. The molecule has 2 atom stereocenters. The van der Waals surface area contributed by atoms with Gasteiger partial charge in [-0.05, 0) is 33.9 Å². The third-order valence-corrected chi connectivity index (χ3v) is 4.46. The van der Waals surface area contributed by atoms with Crippen LogP contribution in [0.3, 0.4) is 0 Å². The minimum Gasteiger partial charge on any atom is -0.381 e. The molecule has 2 rings (SSSR count). The van der Waals surface area contributed by atoms with Crippen molar-refractivity contribution in [3.63, 3.8) is 0 Å². The van der Waals surface area contributed by atoms with Crippen LogP contribution in [0.4, 0.5) is 0 Å². The number of ether oxygens (including phenoxy) is 1. The average molecular weight is 255 g/mol. The van der Waals surface area contributed by atoms with Crippen LogP contribution in [0, 0.1) is 5.41 Å². The average Bonchev–Trinajstić information content (AvgIpc) is 2.34. The van der Waals surface area contributed by atoms with Crippen molar-refractivity contribution in [2.24, 2.45) is 5.41 Å². The Morgan fingerprint density at radius 2 is 2.22 bits per heavy atom. The maximum atomic E-state index is 5.76. The summed E-state index contributed by atoms with van der Waals surface area (Å²) in [6.07, 6.45) is 2.51. The number of likely N-dealkylation sites (N-methyl/N-ethyl adjacent to an activating group) is 1. The van der Waals surface area contributed by atoms with E-state index in [9.17, 15) is 0 Å². The van der Waals surface area contributed by atoms with E-state index < -0.39 is 0 Å². The van der Waals surface area contributed by atoms with Gasteiger partial charge in [0, 0.05) is 50.8 Å². The SMILES string of the molecule is CNCC1(CN2CCN(C)CC2C)CCCOC1. The molecule has 0 aromatic rings. The van der Waals surface area contributed by atoms with E-state index >= 15 is 0 Å². The van der Waals surface area contributed by atoms with Gasteiger partial charge in [0.25, 0.3) is 0 Å². The second-order valence-corrected chi connectivity index (χ2v) is 6.27. The van der Waals surface area contributed by atoms with E-state index in [2.05, 4.69) is 36.1 Å². The highest BCUT2D eigenvalue weighted by Gasteiger charge is 2.36. The molecule has 2 fully saturated rings. The maximum absolute atomic E-state index is 5.76. The first-order valence-electron chi connectivity index (χ1n) is 7.30. The molecule has 106 valence electrons. The molecule has 0 bridgehead atoms. The van der Waals surface area contributed by atoms with Crippen molar-refractivity contribution in [2.45, 2.75) is 25.8 Å². The summed E-state index contributed by atoms with van der Waals surface area (Å²) in [5.41, 5.74) is 0.331. The standard InChI is InChI=1S/C14H29N3O/c1-13-9-16(3)6-7-17(13)11-14(10-15-2)5-4-8-18-12-14/h13,15H,4-12H2,1-3H3. The Balaban J connectivity index is 1.95. The van der Waals surface area contributed by atoms with Gasteiger partial charge >= 0.3 is 0 Å². The predicted molar refractivity (Wildman–Crippen MR) is 74.9 cm³/mol. The summed E-state index contributed by atoms with van der Waals surface area (Å²) in [6, 6.07) is 0.666. The van der Waals surface area contributed by atoms with E-state index in [1.54, 1.807) is 0 Å². The number of nitrogens with one attached hydrogen (secondary N) is 1. The van der Waals surface area contributed by atoms with Crippen molar-refractivity contribution >= 4 is 0 Å². The second kappa shape index (κ2) is 6.33. The molecule has 4 nitrogen and oxygen atoms in total. The number of piperazine rings is 1. The number of rotatable bonds is 4. The molecule has 0 amide bonds. The van der Waals surface area contributed by atoms with Crippen LogP contribution in [0.25, 0.3) is 0 Å².